The third-order valence-electron chi connectivity index (χ3n) is 5.85. The molecule has 1 atom stereocenters. The Kier molecular flexibility index (Phi) is 6.55. The molecule has 2 aromatic carbocycles. The monoisotopic (exact) mass is 408 g/mol. The third kappa shape index (κ3) is 5.02. The molecule has 5 heteroatoms. The topological polar surface area (TPSA) is 49.4 Å². The van der Waals surface area contributed by atoms with E-state index in [1.807, 2.05) is 47.4 Å². The van der Waals surface area contributed by atoms with Gasteiger partial charge >= 0.3 is 0 Å². The van der Waals surface area contributed by atoms with Crippen molar-refractivity contribution >= 4 is 23.6 Å². The van der Waals surface area contributed by atoms with Gasteiger partial charge in [-0.15, -0.1) is 11.8 Å². The van der Waals surface area contributed by atoms with Gasteiger partial charge < -0.3 is 10.2 Å². The molecule has 0 unspecified atom stereocenters. The number of nitrogens with zero attached hydrogens (tertiary/aromatic N) is 1. The molecule has 2 fully saturated rings. The molecule has 1 aliphatic carbocycles. The van der Waals surface area contributed by atoms with Gasteiger partial charge in [0.2, 0.25) is 5.91 Å². The molecule has 29 heavy (non-hydrogen) atoms. The lowest BCUT2D eigenvalue weighted by molar-refractivity contribution is -0.128. The van der Waals surface area contributed by atoms with Crippen LogP contribution in [0.4, 0.5) is 0 Å². The highest BCUT2D eigenvalue weighted by molar-refractivity contribution is 8.00. The summed E-state index contributed by atoms with van der Waals surface area (Å²) in [6.45, 7) is 0.713. The fraction of sp³-hybridized carbons (Fsp3) is 0.417. The first-order valence-electron chi connectivity index (χ1n) is 10.6. The SMILES string of the molecule is O=C(NC1CCCCC1)c1ccc([C@@H]2SCC(=O)N2CCc2ccccc2)cc1. The summed E-state index contributed by atoms with van der Waals surface area (Å²) in [5, 5.41) is 3.20. The number of hydrogen-bond acceptors (Lipinski definition) is 3. The van der Waals surface area contributed by atoms with Crippen LogP contribution in [0.5, 0.6) is 0 Å². The number of hydrogen-bond donors (Lipinski definition) is 1. The fourth-order valence-electron chi connectivity index (χ4n) is 4.18. The molecule has 2 aliphatic rings. The summed E-state index contributed by atoms with van der Waals surface area (Å²) in [6, 6.07) is 18.4. The van der Waals surface area contributed by atoms with E-state index in [2.05, 4.69) is 17.4 Å². The molecule has 2 aromatic rings. The Labute approximate surface area is 177 Å². The van der Waals surface area contributed by atoms with Gasteiger partial charge in [0.1, 0.15) is 5.37 Å². The van der Waals surface area contributed by atoms with E-state index in [0.717, 1.165) is 24.8 Å². The molecule has 1 aliphatic heterocycles. The van der Waals surface area contributed by atoms with E-state index in [4.69, 9.17) is 0 Å². The molecular weight excluding hydrogens is 380 g/mol. The van der Waals surface area contributed by atoms with Gasteiger partial charge in [-0.05, 0) is 42.5 Å². The molecule has 0 radical (unpaired) electrons. The number of nitrogens with one attached hydrogen (secondary N) is 1. The molecule has 2 amide bonds. The van der Waals surface area contributed by atoms with Gasteiger partial charge in [0.15, 0.2) is 0 Å². The van der Waals surface area contributed by atoms with Gasteiger partial charge in [0.25, 0.3) is 5.91 Å². The Morgan fingerprint density at radius 3 is 2.45 bits per heavy atom. The largest absolute Gasteiger partial charge is 0.349 e. The molecule has 1 N–H and O–H groups in total. The average Bonchev–Trinajstić information content (AvgIpc) is 3.14. The van der Waals surface area contributed by atoms with Crippen LogP contribution in [0.3, 0.4) is 0 Å². The second kappa shape index (κ2) is 9.49. The second-order valence-electron chi connectivity index (χ2n) is 7.92. The number of rotatable bonds is 6. The maximum Gasteiger partial charge on any atom is 0.251 e. The van der Waals surface area contributed by atoms with Gasteiger partial charge in [0, 0.05) is 18.2 Å². The summed E-state index contributed by atoms with van der Waals surface area (Å²) in [6.07, 6.45) is 6.71. The molecule has 4 rings (SSSR count). The lowest BCUT2D eigenvalue weighted by atomic mass is 9.95. The summed E-state index contributed by atoms with van der Waals surface area (Å²) in [7, 11) is 0. The first kappa shape index (κ1) is 20.0. The molecule has 0 aromatic heterocycles. The van der Waals surface area contributed by atoms with Crippen molar-refractivity contribution in [2.45, 2.75) is 49.9 Å². The van der Waals surface area contributed by atoms with Crippen LogP contribution in [-0.2, 0) is 11.2 Å². The Morgan fingerprint density at radius 2 is 1.72 bits per heavy atom. The zero-order valence-electron chi connectivity index (χ0n) is 16.7. The first-order valence-corrected chi connectivity index (χ1v) is 11.6. The highest BCUT2D eigenvalue weighted by Crippen LogP contribution is 2.38. The van der Waals surface area contributed by atoms with Crippen LogP contribution in [0.2, 0.25) is 0 Å². The second-order valence-corrected chi connectivity index (χ2v) is 8.99. The van der Waals surface area contributed by atoms with Crippen LogP contribution in [0.25, 0.3) is 0 Å². The molecule has 0 bridgehead atoms. The van der Waals surface area contributed by atoms with Gasteiger partial charge in [0.05, 0.1) is 5.75 Å². The predicted molar refractivity (Wildman–Crippen MR) is 118 cm³/mol. The van der Waals surface area contributed by atoms with Crippen LogP contribution in [-0.4, -0.2) is 35.1 Å². The summed E-state index contributed by atoms with van der Waals surface area (Å²) in [4.78, 5) is 26.9. The predicted octanol–water partition coefficient (Wildman–Crippen LogP) is 4.57. The number of thioether (sulfide) groups is 1. The summed E-state index contributed by atoms with van der Waals surface area (Å²) in [5.41, 5.74) is 3.03. The highest BCUT2D eigenvalue weighted by atomic mass is 32.2. The molecule has 4 nitrogen and oxygen atoms in total. The van der Waals surface area contributed by atoms with E-state index in [1.165, 1.54) is 24.8 Å². The van der Waals surface area contributed by atoms with Gasteiger partial charge in [-0.3, -0.25) is 9.59 Å². The number of amides is 2. The fourth-order valence-corrected chi connectivity index (χ4v) is 5.40. The molecule has 1 saturated carbocycles. The molecule has 1 saturated heterocycles. The van der Waals surface area contributed by atoms with Crippen molar-refractivity contribution in [1.29, 1.82) is 0 Å². The van der Waals surface area contributed by atoms with Crippen molar-refractivity contribution in [2.24, 2.45) is 0 Å². The first-order chi connectivity index (χ1) is 14.2. The lowest BCUT2D eigenvalue weighted by Gasteiger charge is -2.25. The Balaban J connectivity index is 1.39. The van der Waals surface area contributed by atoms with E-state index >= 15 is 0 Å². The minimum absolute atomic E-state index is 0.0135. The number of carbonyl (C=O) groups excluding carboxylic acids is 2. The van der Waals surface area contributed by atoms with Gasteiger partial charge in [-0.25, -0.2) is 0 Å². The van der Waals surface area contributed by atoms with Crippen LogP contribution in [0.1, 0.15) is 59.0 Å². The van der Waals surface area contributed by atoms with Gasteiger partial charge in [-0.1, -0.05) is 61.7 Å². The molecule has 152 valence electrons. The van der Waals surface area contributed by atoms with E-state index in [-0.39, 0.29) is 17.2 Å². The normalized spacial score (nSPS) is 20.1. The maximum absolute atomic E-state index is 12.5. The van der Waals surface area contributed by atoms with Gasteiger partial charge in [-0.2, -0.15) is 0 Å². The van der Waals surface area contributed by atoms with Crippen molar-refractivity contribution in [3.63, 3.8) is 0 Å². The Bertz CT molecular complexity index is 832. The van der Waals surface area contributed by atoms with Crippen LogP contribution in [0.15, 0.2) is 54.6 Å². The zero-order valence-corrected chi connectivity index (χ0v) is 17.5. The summed E-state index contributed by atoms with van der Waals surface area (Å²) < 4.78 is 0. The van der Waals surface area contributed by atoms with Crippen LogP contribution >= 0.6 is 11.8 Å². The van der Waals surface area contributed by atoms with Crippen molar-refractivity contribution in [3.8, 4) is 0 Å². The standard InChI is InChI=1S/C24H28N2O2S/c27-22-17-29-24(26(22)16-15-18-7-3-1-4-8-18)20-13-11-19(12-14-20)23(28)25-21-9-5-2-6-10-21/h1,3-4,7-8,11-14,21,24H,2,5-6,9-10,15-17H2,(H,25,28)/t24-/m0/s1. The molecular formula is C24H28N2O2S. The van der Waals surface area contributed by atoms with E-state index in [0.29, 0.717) is 23.9 Å². The van der Waals surface area contributed by atoms with Crippen LogP contribution in [0, 0.1) is 0 Å². The van der Waals surface area contributed by atoms with Crippen molar-refractivity contribution in [1.82, 2.24) is 10.2 Å². The number of carbonyl (C=O) groups is 2. The quantitative estimate of drug-likeness (QED) is 0.762. The van der Waals surface area contributed by atoms with E-state index < -0.39 is 0 Å². The minimum Gasteiger partial charge on any atom is -0.349 e. The molecule has 1 heterocycles. The maximum atomic E-state index is 12.5. The molecule has 0 spiro atoms. The van der Waals surface area contributed by atoms with E-state index in [1.54, 1.807) is 11.8 Å². The third-order valence-corrected chi connectivity index (χ3v) is 7.11. The highest BCUT2D eigenvalue weighted by Gasteiger charge is 2.32. The Morgan fingerprint density at radius 1 is 1.00 bits per heavy atom. The van der Waals surface area contributed by atoms with Crippen molar-refractivity contribution < 1.29 is 9.59 Å². The van der Waals surface area contributed by atoms with Crippen molar-refractivity contribution in [3.05, 3.63) is 71.3 Å². The smallest absolute Gasteiger partial charge is 0.251 e. The zero-order chi connectivity index (χ0) is 20.1. The van der Waals surface area contributed by atoms with Crippen molar-refractivity contribution in [2.75, 3.05) is 12.3 Å². The van der Waals surface area contributed by atoms with E-state index in [9.17, 15) is 9.59 Å². The number of benzene rings is 2. The lowest BCUT2D eigenvalue weighted by Crippen LogP contribution is -2.36. The summed E-state index contributed by atoms with van der Waals surface area (Å²) >= 11 is 1.67. The average molecular weight is 409 g/mol. The summed E-state index contributed by atoms with van der Waals surface area (Å²) in [5.74, 6) is 0.721. The Hall–Kier alpha value is -2.27. The minimum atomic E-state index is 0.0135. The van der Waals surface area contributed by atoms with Crippen LogP contribution < -0.4 is 5.32 Å².